The Kier molecular flexibility index (Phi) is 4.98. The van der Waals surface area contributed by atoms with Gasteiger partial charge in [-0.05, 0) is 32.0 Å². The molecule has 1 rings (SSSR count). The summed E-state index contributed by atoms with van der Waals surface area (Å²) in [6.45, 7) is 3.72. The number of nitrogens with two attached hydrogens (primary N) is 1. The third kappa shape index (κ3) is 3.65. The summed E-state index contributed by atoms with van der Waals surface area (Å²) in [5, 5.41) is 0. The molecule has 98 valence electrons. The first-order valence-corrected chi connectivity index (χ1v) is 5.49. The summed E-state index contributed by atoms with van der Waals surface area (Å²) in [6.07, 6.45) is -0.882. The van der Waals surface area contributed by atoms with Crippen LogP contribution in [0.4, 0.5) is 10.5 Å². The van der Waals surface area contributed by atoms with Crippen LogP contribution in [0.1, 0.15) is 24.2 Å². The van der Waals surface area contributed by atoms with E-state index in [4.69, 9.17) is 15.2 Å². The van der Waals surface area contributed by atoms with Gasteiger partial charge in [0.1, 0.15) is 11.3 Å². The fourth-order valence-electron chi connectivity index (χ4n) is 1.24. The van der Waals surface area contributed by atoms with Crippen molar-refractivity contribution in [3.8, 4) is 5.75 Å². The Morgan fingerprint density at radius 2 is 1.83 bits per heavy atom. The normalized spacial score (nSPS) is 9.67. The molecular weight excluding hydrogens is 238 g/mol. The molecule has 0 radical (unpaired) electrons. The predicted octanol–water partition coefficient (Wildman–Crippen LogP) is 1.98. The molecule has 0 saturated carbocycles. The van der Waals surface area contributed by atoms with E-state index in [-0.39, 0.29) is 24.5 Å². The highest BCUT2D eigenvalue weighted by Gasteiger charge is 2.17. The highest BCUT2D eigenvalue weighted by atomic mass is 16.7. The number of benzene rings is 1. The minimum absolute atomic E-state index is 0.0566. The third-order valence-corrected chi connectivity index (χ3v) is 1.95. The average molecular weight is 253 g/mol. The Morgan fingerprint density at radius 1 is 1.17 bits per heavy atom. The van der Waals surface area contributed by atoms with Crippen molar-refractivity contribution in [2.45, 2.75) is 13.8 Å². The van der Waals surface area contributed by atoms with Gasteiger partial charge in [0.2, 0.25) is 0 Å². The van der Waals surface area contributed by atoms with E-state index in [1.807, 2.05) is 0 Å². The molecule has 0 aliphatic carbocycles. The fraction of sp³-hybridized carbons (Fsp3) is 0.333. The molecule has 18 heavy (non-hydrogen) atoms. The molecule has 6 nitrogen and oxygen atoms in total. The summed E-state index contributed by atoms with van der Waals surface area (Å²) in [7, 11) is 0. The molecule has 1 aromatic carbocycles. The molecule has 0 bridgehead atoms. The van der Waals surface area contributed by atoms with Crippen molar-refractivity contribution in [1.29, 1.82) is 0 Å². The Bertz CT molecular complexity index is 444. The van der Waals surface area contributed by atoms with Crippen LogP contribution in [0.15, 0.2) is 18.2 Å². The second-order valence-electron chi connectivity index (χ2n) is 3.26. The predicted molar refractivity (Wildman–Crippen MR) is 64.5 cm³/mol. The Morgan fingerprint density at radius 3 is 2.44 bits per heavy atom. The summed E-state index contributed by atoms with van der Waals surface area (Å²) in [4.78, 5) is 22.8. The molecule has 0 heterocycles. The lowest BCUT2D eigenvalue weighted by Gasteiger charge is -2.09. The highest BCUT2D eigenvalue weighted by molar-refractivity contribution is 5.94. The molecule has 6 heteroatoms. The molecule has 0 unspecified atom stereocenters. The summed E-state index contributed by atoms with van der Waals surface area (Å²) >= 11 is 0. The lowest BCUT2D eigenvalue weighted by Crippen LogP contribution is -2.14. The minimum Gasteiger partial charge on any atom is -0.462 e. The van der Waals surface area contributed by atoms with Crippen molar-refractivity contribution < 1.29 is 23.8 Å². The maximum Gasteiger partial charge on any atom is 0.513 e. The number of nitrogen functional groups attached to an aromatic ring is 1. The van der Waals surface area contributed by atoms with E-state index in [0.29, 0.717) is 5.69 Å². The molecule has 0 spiro atoms. The molecule has 0 saturated heterocycles. The molecule has 2 N–H and O–H groups in total. The quantitative estimate of drug-likeness (QED) is 0.501. The summed E-state index contributed by atoms with van der Waals surface area (Å²) in [6, 6.07) is 4.31. The van der Waals surface area contributed by atoms with Crippen molar-refractivity contribution >= 4 is 17.8 Å². The van der Waals surface area contributed by atoms with Gasteiger partial charge in [0.25, 0.3) is 0 Å². The monoisotopic (exact) mass is 253 g/mol. The largest absolute Gasteiger partial charge is 0.513 e. The maximum atomic E-state index is 11.6. The zero-order chi connectivity index (χ0) is 13.5. The zero-order valence-electron chi connectivity index (χ0n) is 10.3. The first kappa shape index (κ1) is 13.8. The van der Waals surface area contributed by atoms with Gasteiger partial charge in [0.05, 0.1) is 13.2 Å². The van der Waals surface area contributed by atoms with Crippen LogP contribution < -0.4 is 10.5 Å². The van der Waals surface area contributed by atoms with Gasteiger partial charge < -0.3 is 19.9 Å². The number of carbonyl (C=O) groups is 2. The summed E-state index contributed by atoms with van der Waals surface area (Å²) in [5.41, 5.74) is 6.03. The van der Waals surface area contributed by atoms with Crippen LogP contribution in [-0.2, 0) is 9.47 Å². The van der Waals surface area contributed by atoms with E-state index in [1.165, 1.54) is 18.2 Å². The first-order valence-electron chi connectivity index (χ1n) is 5.49. The SMILES string of the molecule is CCOC(=O)Oc1ccc(N)cc1C(=O)OCC. The molecule has 1 aromatic rings. The molecule has 0 fully saturated rings. The van der Waals surface area contributed by atoms with Crippen molar-refractivity contribution in [2.24, 2.45) is 0 Å². The number of hydrogen-bond donors (Lipinski definition) is 1. The Labute approximate surface area is 105 Å². The van der Waals surface area contributed by atoms with Gasteiger partial charge in [0, 0.05) is 5.69 Å². The number of carbonyl (C=O) groups excluding carboxylic acids is 2. The smallest absolute Gasteiger partial charge is 0.462 e. The molecule has 0 atom stereocenters. The lowest BCUT2D eigenvalue weighted by molar-refractivity contribution is 0.0521. The minimum atomic E-state index is -0.882. The Balaban J connectivity index is 2.96. The van der Waals surface area contributed by atoms with Gasteiger partial charge >= 0.3 is 12.1 Å². The van der Waals surface area contributed by atoms with Gasteiger partial charge in [-0.3, -0.25) is 0 Å². The number of rotatable bonds is 4. The molecule has 0 aromatic heterocycles. The number of anilines is 1. The van der Waals surface area contributed by atoms with Gasteiger partial charge in [-0.15, -0.1) is 0 Å². The average Bonchev–Trinajstić information content (AvgIpc) is 2.32. The van der Waals surface area contributed by atoms with Crippen molar-refractivity contribution in [3.63, 3.8) is 0 Å². The van der Waals surface area contributed by atoms with Crippen molar-refractivity contribution in [2.75, 3.05) is 18.9 Å². The summed E-state index contributed by atoms with van der Waals surface area (Å²) in [5.74, 6) is -0.551. The topological polar surface area (TPSA) is 87.9 Å². The maximum absolute atomic E-state index is 11.6. The second-order valence-corrected chi connectivity index (χ2v) is 3.26. The van der Waals surface area contributed by atoms with E-state index in [1.54, 1.807) is 13.8 Å². The number of hydrogen-bond acceptors (Lipinski definition) is 6. The van der Waals surface area contributed by atoms with Gasteiger partial charge in [-0.25, -0.2) is 9.59 Å². The van der Waals surface area contributed by atoms with Crippen molar-refractivity contribution in [1.82, 2.24) is 0 Å². The highest BCUT2D eigenvalue weighted by Crippen LogP contribution is 2.22. The zero-order valence-corrected chi connectivity index (χ0v) is 10.3. The van der Waals surface area contributed by atoms with Gasteiger partial charge in [-0.1, -0.05) is 0 Å². The molecule has 0 aliphatic rings. The van der Waals surface area contributed by atoms with E-state index in [0.717, 1.165) is 0 Å². The van der Waals surface area contributed by atoms with Crippen LogP contribution in [-0.4, -0.2) is 25.3 Å². The number of ether oxygens (including phenoxy) is 3. The van der Waals surface area contributed by atoms with Crippen LogP contribution in [0.25, 0.3) is 0 Å². The molecular formula is C12H15NO5. The van der Waals surface area contributed by atoms with Crippen LogP contribution >= 0.6 is 0 Å². The fourth-order valence-corrected chi connectivity index (χ4v) is 1.24. The Hall–Kier alpha value is -2.24. The first-order chi connectivity index (χ1) is 8.58. The van der Waals surface area contributed by atoms with E-state index in [9.17, 15) is 9.59 Å². The van der Waals surface area contributed by atoms with Crippen LogP contribution in [0.3, 0.4) is 0 Å². The summed E-state index contributed by atoms with van der Waals surface area (Å²) < 4.78 is 14.4. The van der Waals surface area contributed by atoms with Crippen molar-refractivity contribution in [3.05, 3.63) is 23.8 Å². The van der Waals surface area contributed by atoms with Crippen LogP contribution in [0.2, 0.25) is 0 Å². The molecule has 0 amide bonds. The van der Waals surface area contributed by atoms with Gasteiger partial charge in [-0.2, -0.15) is 0 Å². The third-order valence-electron chi connectivity index (χ3n) is 1.95. The standard InChI is InChI=1S/C12H15NO5/c1-3-16-11(14)9-7-8(13)5-6-10(9)18-12(15)17-4-2/h5-7H,3-4,13H2,1-2H3. The van der Waals surface area contributed by atoms with E-state index >= 15 is 0 Å². The second kappa shape index (κ2) is 6.48. The van der Waals surface area contributed by atoms with E-state index < -0.39 is 12.1 Å². The number of esters is 1. The van der Waals surface area contributed by atoms with Crippen LogP contribution in [0.5, 0.6) is 5.75 Å². The van der Waals surface area contributed by atoms with Gasteiger partial charge in [0.15, 0.2) is 0 Å². The van der Waals surface area contributed by atoms with E-state index in [2.05, 4.69) is 4.74 Å². The lowest BCUT2D eigenvalue weighted by atomic mass is 10.2. The molecule has 0 aliphatic heterocycles. The van der Waals surface area contributed by atoms with Crippen LogP contribution in [0, 0.1) is 0 Å².